The molecule has 26 heavy (non-hydrogen) atoms. The van der Waals surface area contributed by atoms with Gasteiger partial charge in [0.05, 0.1) is 5.69 Å². The molecular formula is C19H17ClN4O2. The number of halogens is 1. The number of rotatable bonds is 5. The molecule has 0 atom stereocenters. The van der Waals surface area contributed by atoms with Gasteiger partial charge in [0.15, 0.2) is 5.82 Å². The Morgan fingerprint density at radius 1 is 1.08 bits per heavy atom. The third-order valence-corrected chi connectivity index (χ3v) is 4.04. The number of aliphatic carboxylic acids is 1. The number of carbonyl (C=O) groups is 1. The van der Waals surface area contributed by atoms with Crippen LogP contribution in [0.15, 0.2) is 54.6 Å². The molecule has 6 nitrogen and oxygen atoms in total. The minimum absolute atomic E-state index is 0.168. The normalized spacial score (nSPS) is 10.5. The molecule has 3 N–H and O–H groups in total. The molecule has 0 fully saturated rings. The predicted molar refractivity (Wildman–Crippen MR) is 103 cm³/mol. The lowest BCUT2D eigenvalue weighted by molar-refractivity contribution is -0.135. The Labute approximate surface area is 155 Å². The highest BCUT2D eigenvalue weighted by Crippen LogP contribution is 2.27. The summed E-state index contributed by atoms with van der Waals surface area (Å²) in [6.45, 7) is -0.168. The summed E-state index contributed by atoms with van der Waals surface area (Å²) in [5.41, 5.74) is 8.74. The summed E-state index contributed by atoms with van der Waals surface area (Å²) in [7, 11) is 1.68. The van der Waals surface area contributed by atoms with Crippen LogP contribution >= 0.6 is 11.6 Å². The van der Waals surface area contributed by atoms with Crippen LogP contribution in [0.2, 0.25) is 5.02 Å². The molecule has 0 aliphatic carbocycles. The molecule has 0 spiro atoms. The zero-order chi connectivity index (χ0) is 18.7. The van der Waals surface area contributed by atoms with Crippen LogP contribution in [0.3, 0.4) is 0 Å². The number of likely N-dealkylation sites (N-methyl/N-ethyl adjacent to an activating group) is 1. The quantitative estimate of drug-likeness (QED) is 0.669. The molecule has 0 aliphatic heterocycles. The second-order valence-electron chi connectivity index (χ2n) is 5.81. The first kappa shape index (κ1) is 17.7. The van der Waals surface area contributed by atoms with Crippen molar-refractivity contribution in [1.82, 2.24) is 9.97 Å². The number of anilines is 2. The second kappa shape index (κ2) is 7.41. The van der Waals surface area contributed by atoms with Crippen molar-refractivity contribution in [3.8, 4) is 22.6 Å². The van der Waals surface area contributed by atoms with E-state index < -0.39 is 5.97 Å². The summed E-state index contributed by atoms with van der Waals surface area (Å²) >= 11 is 5.95. The fourth-order valence-electron chi connectivity index (χ4n) is 2.44. The van der Waals surface area contributed by atoms with Gasteiger partial charge in [0.25, 0.3) is 0 Å². The van der Waals surface area contributed by atoms with E-state index in [1.165, 1.54) is 0 Å². The number of nitrogen functional groups attached to an aromatic ring is 1. The number of aromatic nitrogens is 2. The van der Waals surface area contributed by atoms with Crippen LogP contribution in [-0.2, 0) is 4.79 Å². The van der Waals surface area contributed by atoms with Crippen LogP contribution in [0.4, 0.5) is 11.5 Å². The number of benzene rings is 2. The van der Waals surface area contributed by atoms with E-state index >= 15 is 0 Å². The van der Waals surface area contributed by atoms with E-state index in [0.29, 0.717) is 28.0 Å². The van der Waals surface area contributed by atoms with Crippen LogP contribution < -0.4 is 10.6 Å². The second-order valence-corrected chi connectivity index (χ2v) is 6.25. The Kier molecular flexibility index (Phi) is 5.04. The minimum Gasteiger partial charge on any atom is -0.480 e. The molecule has 3 rings (SSSR count). The van der Waals surface area contributed by atoms with Crippen LogP contribution in [-0.4, -0.2) is 34.6 Å². The van der Waals surface area contributed by atoms with Crippen molar-refractivity contribution < 1.29 is 9.90 Å². The summed E-state index contributed by atoms with van der Waals surface area (Å²) in [6, 6.07) is 16.2. The Hall–Kier alpha value is -3.12. The lowest BCUT2D eigenvalue weighted by atomic mass is 10.1. The number of hydrogen-bond acceptors (Lipinski definition) is 5. The Morgan fingerprint density at radius 3 is 2.31 bits per heavy atom. The molecule has 0 unspecified atom stereocenters. The fraction of sp³-hybridized carbons (Fsp3) is 0.105. The highest BCUT2D eigenvalue weighted by atomic mass is 35.5. The lowest BCUT2D eigenvalue weighted by Crippen LogP contribution is -2.26. The van der Waals surface area contributed by atoms with Crippen LogP contribution in [0.25, 0.3) is 22.6 Å². The van der Waals surface area contributed by atoms with Crippen molar-refractivity contribution in [2.45, 2.75) is 0 Å². The maximum atomic E-state index is 11.1. The van der Waals surface area contributed by atoms with Crippen molar-refractivity contribution >= 4 is 29.1 Å². The van der Waals surface area contributed by atoms with Gasteiger partial charge in [-0.3, -0.25) is 4.79 Å². The number of nitrogens with two attached hydrogens (primary N) is 1. The number of carboxylic acids is 1. The van der Waals surface area contributed by atoms with Gasteiger partial charge in [0.1, 0.15) is 12.4 Å². The van der Waals surface area contributed by atoms with Gasteiger partial charge in [0.2, 0.25) is 0 Å². The average molecular weight is 369 g/mol. The SMILES string of the molecule is CN(CC(=O)O)c1cc(-c2ccc(N)cc2)nc(-c2ccc(Cl)cc2)n1. The molecule has 3 aromatic rings. The fourth-order valence-corrected chi connectivity index (χ4v) is 2.57. The van der Waals surface area contributed by atoms with Crippen LogP contribution in [0.1, 0.15) is 0 Å². The van der Waals surface area contributed by atoms with Crippen LogP contribution in [0, 0.1) is 0 Å². The topological polar surface area (TPSA) is 92.3 Å². The number of nitrogens with zero attached hydrogens (tertiary/aromatic N) is 3. The smallest absolute Gasteiger partial charge is 0.323 e. The molecule has 0 saturated carbocycles. The first-order valence-corrected chi connectivity index (χ1v) is 8.24. The Morgan fingerprint density at radius 2 is 1.69 bits per heavy atom. The van der Waals surface area contributed by atoms with Gasteiger partial charge >= 0.3 is 5.97 Å². The summed E-state index contributed by atoms with van der Waals surface area (Å²) in [6.07, 6.45) is 0. The molecule has 0 aliphatic rings. The maximum Gasteiger partial charge on any atom is 0.323 e. The van der Waals surface area contributed by atoms with Gasteiger partial charge in [-0.25, -0.2) is 9.97 Å². The molecule has 1 heterocycles. The van der Waals surface area contributed by atoms with E-state index in [-0.39, 0.29) is 6.54 Å². The highest BCUT2D eigenvalue weighted by molar-refractivity contribution is 6.30. The Balaban J connectivity index is 2.11. The molecular weight excluding hydrogens is 352 g/mol. The summed E-state index contributed by atoms with van der Waals surface area (Å²) in [4.78, 5) is 21.8. The Bertz CT molecular complexity index is 864. The molecule has 132 valence electrons. The molecule has 0 saturated heterocycles. The van der Waals surface area contributed by atoms with E-state index in [1.54, 1.807) is 42.3 Å². The van der Waals surface area contributed by atoms with Gasteiger partial charge in [-0.1, -0.05) is 23.7 Å². The third kappa shape index (κ3) is 4.10. The molecule has 7 heteroatoms. The third-order valence-electron chi connectivity index (χ3n) is 3.79. The van der Waals surface area contributed by atoms with Crippen molar-refractivity contribution in [2.24, 2.45) is 0 Å². The maximum absolute atomic E-state index is 11.1. The molecule has 2 aromatic carbocycles. The van der Waals surface area contributed by atoms with Crippen molar-refractivity contribution in [1.29, 1.82) is 0 Å². The summed E-state index contributed by atoms with van der Waals surface area (Å²) in [5, 5.41) is 9.68. The van der Waals surface area contributed by atoms with E-state index in [0.717, 1.165) is 11.1 Å². The standard InChI is InChI=1S/C19H17ClN4O2/c1-24(11-18(25)26)17-10-16(12-4-8-15(21)9-5-12)22-19(23-17)13-2-6-14(20)7-3-13/h2-10H,11,21H2,1H3,(H,25,26). The van der Waals surface area contributed by atoms with Crippen molar-refractivity contribution in [3.63, 3.8) is 0 Å². The lowest BCUT2D eigenvalue weighted by Gasteiger charge is -2.17. The monoisotopic (exact) mass is 368 g/mol. The largest absolute Gasteiger partial charge is 0.480 e. The highest BCUT2D eigenvalue weighted by Gasteiger charge is 2.13. The van der Waals surface area contributed by atoms with E-state index in [9.17, 15) is 4.79 Å². The van der Waals surface area contributed by atoms with Gasteiger partial charge in [-0.2, -0.15) is 0 Å². The number of hydrogen-bond donors (Lipinski definition) is 2. The molecule has 1 aromatic heterocycles. The van der Waals surface area contributed by atoms with Crippen molar-refractivity contribution in [3.05, 3.63) is 59.6 Å². The zero-order valence-electron chi connectivity index (χ0n) is 14.1. The van der Waals surface area contributed by atoms with E-state index in [4.69, 9.17) is 22.4 Å². The number of carboxylic acid groups (broad SMARTS) is 1. The summed E-state index contributed by atoms with van der Waals surface area (Å²) in [5.74, 6) is 0.0654. The van der Waals surface area contributed by atoms with Crippen LogP contribution in [0.5, 0.6) is 0 Å². The summed E-state index contributed by atoms with van der Waals surface area (Å²) < 4.78 is 0. The van der Waals surface area contributed by atoms with Gasteiger partial charge in [0, 0.05) is 35.0 Å². The molecule has 0 amide bonds. The molecule has 0 bridgehead atoms. The first-order chi connectivity index (χ1) is 12.4. The average Bonchev–Trinajstić information content (AvgIpc) is 2.62. The van der Waals surface area contributed by atoms with Gasteiger partial charge < -0.3 is 15.7 Å². The zero-order valence-corrected chi connectivity index (χ0v) is 14.8. The minimum atomic E-state index is -0.937. The van der Waals surface area contributed by atoms with E-state index in [1.807, 2.05) is 24.3 Å². The van der Waals surface area contributed by atoms with E-state index in [2.05, 4.69) is 9.97 Å². The van der Waals surface area contributed by atoms with Gasteiger partial charge in [-0.05, 0) is 36.4 Å². The predicted octanol–water partition coefficient (Wildman–Crippen LogP) is 3.57. The molecule has 0 radical (unpaired) electrons. The van der Waals surface area contributed by atoms with Crippen molar-refractivity contribution in [2.75, 3.05) is 24.2 Å². The first-order valence-electron chi connectivity index (χ1n) is 7.86. The van der Waals surface area contributed by atoms with Gasteiger partial charge in [-0.15, -0.1) is 0 Å².